The van der Waals surface area contributed by atoms with Crippen molar-refractivity contribution in [3.05, 3.63) is 18.0 Å². The Kier molecular flexibility index (Phi) is 4.78. The van der Waals surface area contributed by atoms with Crippen LogP contribution in [0, 0.1) is 5.92 Å². The van der Waals surface area contributed by atoms with E-state index in [2.05, 4.69) is 31.3 Å². The Hall–Kier alpha value is -0.870. The van der Waals surface area contributed by atoms with Crippen LogP contribution in [0.5, 0.6) is 0 Å². The highest BCUT2D eigenvalue weighted by atomic mass is 15.3. The second-order valence-electron chi connectivity index (χ2n) is 4.04. The highest BCUT2D eigenvalue weighted by Crippen LogP contribution is 2.21. The van der Waals surface area contributed by atoms with Crippen molar-refractivity contribution in [1.82, 2.24) is 15.2 Å². The van der Waals surface area contributed by atoms with Crippen LogP contribution < -0.4 is 11.3 Å². The summed E-state index contributed by atoms with van der Waals surface area (Å²) in [5, 5.41) is 4.26. The van der Waals surface area contributed by atoms with E-state index < -0.39 is 0 Å². The maximum absolute atomic E-state index is 5.60. The number of aryl methyl sites for hydroxylation is 1. The van der Waals surface area contributed by atoms with Gasteiger partial charge in [0.2, 0.25) is 0 Å². The minimum Gasteiger partial charge on any atom is -0.271 e. The Morgan fingerprint density at radius 3 is 2.80 bits per heavy atom. The zero-order valence-electron chi connectivity index (χ0n) is 9.90. The van der Waals surface area contributed by atoms with Gasteiger partial charge in [0.1, 0.15) is 0 Å². The lowest BCUT2D eigenvalue weighted by atomic mass is 9.98. The molecule has 0 spiro atoms. The fraction of sp³-hybridized carbons (Fsp3) is 0.727. The second kappa shape index (κ2) is 5.88. The van der Waals surface area contributed by atoms with Gasteiger partial charge in [0, 0.05) is 12.7 Å². The first-order chi connectivity index (χ1) is 7.22. The number of hydrogen-bond donors (Lipinski definition) is 2. The van der Waals surface area contributed by atoms with Gasteiger partial charge in [0.05, 0.1) is 11.7 Å². The van der Waals surface area contributed by atoms with Crippen molar-refractivity contribution in [3.8, 4) is 0 Å². The monoisotopic (exact) mass is 210 g/mol. The summed E-state index contributed by atoms with van der Waals surface area (Å²) in [5.74, 6) is 6.27. The van der Waals surface area contributed by atoms with Gasteiger partial charge in [-0.05, 0) is 25.3 Å². The molecule has 1 heterocycles. The van der Waals surface area contributed by atoms with E-state index in [0.29, 0.717) is 5.92 Å². The molecule has 0 amide bonds. The topological polar surface area (TPSA) is 55.9 Å². The third kappa shape index (κ3) is 3.04. The van der Waals surface area contributed by atoms with Gasteiger partial charge in [-0.1, -0.05) is 20.3 Å². The van der Waals surface area contributed by atoms with Gasteiger partial charge >= 0.3 is 0 Å². The fourth-order valence-corrected chi connectivity index (χ4v) is 1.75. The predicted molar refractivity (Wildman–Crippen MR) is 62.0 cm³/mol. The predicted octanol–water partition coefficient (Wildman–Crippen LogP) is 1.84. The SMILES string of the molecule is CCC(C)CC(NN)c1ccnn1CC. The van der Waals surface area contributed by atoms with Crippen LogP contribution in [0.1, 0.15) is 45.3 Å². The number of nitrogens with two attached hydrogens (primary N) is 1. The molecule has 0 aliphatic carbocycles. The standard InChI is InChI=1S/C11H22N4/c1-4-9(3)8-10(14-12)11-6-7-13-15(11)5-2/h6-7,9-10,14H,4-5,8,12H2,1-3H3. The average Bonchev–Trinajstić information content (AvgIpc) is 2.73. The first kappa shape index (κ1) is 12.2. The molecule has 0 saturated carbocycles. The smallest absolute Gasteiger partial charge is 0.0631 e. The molecule has 0 fully saturated rings. The molecule has 2 unspecified atom stereocenters. The molecule has 2 atom stereocenters. The molecule has 1 rings (SSSR count). The van der Waals surface area contributed by atoms with Gasteiger partial charge in [-0.2, -0.15) is 5.10 Å². The second-order valence-corrected chi connectivity index (χ2v) is 4.04. The lowest BCUT2D eigenvalue weighted by molar-refractivity contribution is 0.386. The van der Waals surface area contributed by atoms with E-state index in [4.69, 9.17) is 5.84 Å². The Morgan fingerprint density at radius 1 is 1.53 bits per heavy atom. The van der Waals surface area contributed by atoms with Crippen LogP contribution >= 0.6 is 0 Å². The summed E-state index contributed by atoms with van der Waals surface area (Å²) in [6.45, 7) is 7.43. The van der Waals surface area contributed by atoms with E-state index in [-0.39, 0.29) is 6.04 Å². The third-order valence-electron chi connectivity index (χ3n) is 2.94. The Bertz CT molecular complexity index is 282. The van der Waals surface area contributed by atoms with Crippen molar-refractivity contribution in [3.63, 3.8) is 0 Å². The van der Waals surface area contributed by atoms with E-state index >= 15 is 0 Å². The Morgan fingerprint density at radius 2 is 2.27 bits per heavy atom. The molecule has 86 valence electrons. The number of aromatic nitrogens is 2. The first-order valence-electron chi connectivity index (χ1n) is 5.70. The van der Waals surface area contributed by atoms with Crippen molar-refractivity contribution < 1.29 is 0 Å². The summed E-state index contributed by atoms with van der Waals surface area (Å²) in [6, 6.07) is 2.25. The average molecular weight is 210 g/mol. The number of rotatable bonds is 6. The first-order valence-corrected chi connectivity index (χ1v) is 5.70. The maximum atomic E-state index is 5.60. The molecule has 0 radical (unpaired) electrons. The highest BCUT2D eigenvalue weighted by molar-refractivity contribution is 5.06. The molecule has 15 heavy (non-hydrogen) atoms. The van der Waals surface area contributed by atoms with Gasteiger partial charge in [-0.3, -0.25) is 16.0 Å². The molecular formula is C11H22N4. The maximum Gasteiger partial charge on any atom is 0.0631 e. The van der Waals surface area contributed by atoms with Crippen LogP contribution in [0.15, 0.2) is 12.3 Å². The lowest BCUT2D eigenvalue weighted by Gasteiger charge is -2.20. The molecule has 3 N–H and O–H groups in total. The zero-order valence-corrected chi connectivity index (χ0v) is 9.90. The van der Waals surface area contributed by atoms with Gasteiger partial charge < -0.3 is 0 Å². The van der Waals surface area contributed by atoms with Gasteiger partial charge in [-0.25, -0.2) is 0 Å². The third-order valence-corrected chi connectivity index (χ3v) is 2.94. The van der Waals surface area contributed by atoms with E-state index in [0.717, 1.165) is 13.0 Å². The molecule has 4 heteroatoms. The van der Waals surface area contributed by atoms with E-state index in [9.17, 15) is 0 Å². The number of nitrogens with one attached hydrogen (secondary N) is 1. The molecule has 1 aromatic rings. The largest absolute Gasteiger partial charge is 0.271 e. The van der Waals surface area contributed by atoms with Crippen molar-refractivity contribution in [2.45, 2.75) is 46.2 Å². The van der Waals surface area contributed by atoms with E-state index in [1.165, 1.54) is 12.1 Å². The van der Waals surface area contributed by atoms with Gasteiger partial charge in [-0.15, -0.1) is 0 Å². The molecule has 0 aromatic carbocycles. The summed E-state index contributed by atoms with van der Waals surface area (Å²) < 4.78 is 1.99. The van der Waals surface area contributed by atoms with Crippen LogP contribution in [0.25, 0.3) is 0 Å². The van der Waals surface area contributed by atoms with Gasteiger partial charge in [0.15, 0.2) is 0 Å². The molecular weight excluding hydrogens is 188 g/mol. The summed E-state index contributed by atoms with van der Waals surface area (Å²) in [4.78, 5) is 0. The summed E-state index contributed by atoms with van der Waals surface area (Å²) in [6.07, 6.45) is 4.07. The van der Waals surface area contributed by atoms with Gasteiger partial charge in [0.25, 0.3) is 0 Å². The highest BCUT2D eigenvalue weighted by Gasteiger charge is 2.16. The number of hydrogen-bond acceptors (Lipinski definition) is 3. The zero-order chi connectivity index (χ0) is 11.3. The number of hydrazine groups is 1. The van der Waals surface area contributed by atoms with E-state index in [1.54, 1.807) is 0 Å². The summed E-state index contributed by atoms with van der Waals surface area (Å²) >= 11 is 0. The van der Waals surface area contributed by atoms with Crippen molar-refractivity contribution in [2.75, 3.05) is 0 Å². The molecule has 0 aliphatic rings. The molecule has 0 saturated heterocycles. The van der Waals surface area contributed by atoms with Crippen molar-refractivity contribution >= 4 is 0 Å². The van der Waals surface area contributed by atoms with Crippen molar-refractivity contribution in [2.24, 2.45) is 11.8 Å². The molecule has 4 nitrogen and oxygen atoms in total. The van der Waals surface area contributed by atoms with Crippen LogP contribution in [0.3, 0.4) is 0 Å². The van der Waals surface area contributed by atoms with Crippen LogP contribution in [-0.4, -0.2) is 9.78 Å². The van der Waals surface area contributed by atoms with Crippen LogP contribution in [0.2, 0.25) is 0 Å². The quantitative estimate of drug-likeness (QED) is 0.556. The minimum atomic E-state index is 0.211. The minimum absolute atomic E-state index is 0.211. The molecule has 1 aromatic heterocycles. The summed E-state index contributed by atoms with van der Waals surface area (Å²) in [7, 11) is 0. The summed E-state index contributed by atoms with van der Waals surface area (Å²) in [5.41, 5.74) is 4.06. The van der Waals surface area contributed by atoms with Crippen molar-refractivity contribution in [1.29, 1.82) is 0 Å². The lowest BCUT2D eigenvalue weighted by Crippen LogP contribution is -2.31. The normalized spacial score (nSPS) is 15.2. The van der Waals surface area contributed by atoms with Crippen LogP contribution in [0.4, 0.5) is 0 Å². The molecule has 0 bridgehead atoms. The number of nitrogens with zero attached hydrogens (tertiary/aromatic N) is 2. The van der Waals surface area contributed by atoms with Crippen LogP contribution in [-0.2, 0) is 6.54 Å². The molecule has 0 aliphatic heterocycles. The van der Waals surface area contributed by atoms with E-state index in [1.807, 2.05) is 16.9 Å². The fourth-order valence-electron chi connectivity index (χ4n) is 1.75. The Labute approximate surface area is 91.8 Å². The Balaban J connectivity index is 2.73.